The van der Waals surface area contributed by atoms with Gasteiger partial charge >= 0.3 is 0 Å². The van der Waals surface area contributed by atoms with E-state index in [9.17, 15) is 0 Å². The number of anilines is 1. The van der Waals surface area contributed by atoms with Crippen molar-refractivity contribution in [3.05, 3.63) is 59.2 Å². The van der Waals surface area contributed by atoms with E-state index in [4.69, 9.17) is 10.00 Å². The molecule has 0 aliphatic carbocycles. The number of para-hydroxylation sites is 1. The van der Waals surface area contributed by atoms with Gasteiger partial charge in [0.25, 0.3) is 0 Å². The molecule has 100 valence electrons. The Balaban J connectivity index is 1.63. The number of fused-ring (bicyclic) bond motifs is 1. The zero-order chi connectivity index (χ0) is 13.9. The lowest BCUT2D eigenvalue weighted by Gasteiger charge is -2.14. The van der Waals surface area contributed by atoms with Gasteiger partial charge in [-0.2, -0.15) is 5.26 Å². The van der Waals surface area contributed by atoms with Crippen molar-refractivity contribution in [1.82, 2.24) is 0 Å². The van der Waals surface area contributed by atoms with Crippen molar-refractivity contribution in [2.75, 3.05) is 11.9 Å². The molecular weight excluding hydrogens is 248 g/mol. The Bertz CT molecular complexity index is 648. The van der Waals surface area contributed by atoms with Gasteiger partial charge in [0, 0.05) is 12.1 Å². The number of rotatable bonds is 3. The third-order valence-corrected chi connectivity index (χ3v) is 3.59. The molecule has 0 saturated carbocycles. The van der Waals surface area contributed by atoms with E-state index in [1.54, 1.807) is 0 Å². The fraction of sp³-hybridized carbons (Fsp3) is 0.235. The largest absolute Gasteiger partial charge is 0.488 e. The fourth-order valence-electron chi connectivity index (χ4n) is 2.52. The van der Waals surface area contributed by atoms with E-state index in [1.807, 2.05) is 43.3 Å². The molecule has 3 heteroatoms. The maximum absolute atomic E-state index is 8.87. The predicted molar refractivity (Wildman–Crippen MR) is 78.9 cm³/mol. The second kappa shape index (κ2) is 5.26. The first-order chi connectivity index (χ1) is 9.76. The van der Waals surface area contributed by atoms with Crippen molar-refractivity contribution in [2.24, 2.45) is 0 Å². The summed E-state index contributed by atoms with van der Waals surface area (Å²) < 4.78 is 5.90. The third kappa shape index (κ3) is 2.46. The van der Waals surface area contributed by atoms with E-state index < -0.39 is 0 Å². The summed E-state index contributed by atoms with van der Waals surface area (Å²) in [6.07, 6.45) is 1.11. The Morgan fingerprint density at radius 1 is 1.30 bits per heavy atom. The average molecular weight is 264 g/mol. The van der Waals surface area contributed by atoms with Gasteiger partial charge in [-0.25, -0.2) is 0 Å². The maximum Gasteiger partial charge on any atom is 0.123 e. The summed E-state index contributed by atoms with van der Waals surface area (Å²) in [5.74, 6) is 0.996. The Hall–Kier alpha value is -2.47. The molecule has 0 aromatic heterocycles. The highest BCUT2D eigenvalue weighted by Crippen LogP contribution is 2.28. The lowest BCUT2D eigenvalue weighted by Crippen LogP contribution is -2.24. The molecule has 2 aromatic carbocycles. The van der Waals surface area contributed by atoms with Crippen LogP contribution in [0.3, 0.4) is 0 Å². The van der Waals surface area contributed by atoms with E-state index in [2.05, 4.69) is 17.5 Å². The zero-order valence-corrected chi connectivity index (χ0v) is 11.4. The monoisotopic (exact) mass is 264 g/mol. The van der Waals surface area contributed by atoms with Crippen LogP contribution >= 0.6 is 0 Å². The fourth-order valence-corrected chi connectivity index (χ4v) is 2.52. The molecule has 0 saturated heterocycles. The number of hydrogen-bond acceptors (Lipinski definition) is 3. The van der Waals surface area contributed by atoms with Crippen molar-refractivity contribution in [3.8, 4) is 11.8 Å². The molecule has 1 unspecified atom stereocenters. The van der Waals surface area contributed by atoms with Crippen LogP contribution in [-0.4, -0.2) is 12.6 Å². The van der Waals surface area contributed by atoms with Crippen LogP contribution in [0, 0.1) is 18.3 Å². The second-order valence-electron chi connectivity index (χ2n) is 5.07. The summed E-state index contributed by atoms with van der Waals surface area (Å²) in [6, 6.07) is 16.0. The van der Waals surface area contributed by atoms with Gasteiger partial charge < -0.3 is 10.1 Å². The highest BCUT2D eigenvalue weighted by atomic mass is 16.5. The third-order valence-electron chi connectivity index (χ3n) is 3.59. The van der Waals surface area contributed by atoms with Crippen molar-refractivity contribution in [2.45, 2.75) is 19.4 Å². The van der Waals surface area contributed by atoms with Gasteiger partial charge in [0.2, 0.25) is 0 Å². The standard InChI is InChI=1S/C17H16N2O/c1-12-8-13(10-18)6-7-16(12)19-11-15-9-14-4-2-3-5-17(14)20-15/h2-8,15,19H,9,11H2,1H3. The van der Waals surface area contributed by atoms with Crippen molar-refractivity contribution < 1.29 is 4.74 Å². The van der Waals surface area contributed by atoms with Gasteiger partial charge in [0.15, 0.2) is 0 Å². The number of ether oxygens (including phenoxy) is 1. The SMILES string of the molecule is Cc1cc(C#N)ccc1NCC1Cc2ccccc2O1. The molecule has 2 aromatic rings. The molecule has 1 aliphatic heterocycles. The summed E-state index contributed by atoms with van der Waals surface area (Å²) in [5.41, 5.74) is 4.11. The minimum atomic E-state index is 0.169. The molecule has 1 atom stereocenters. The topological polar surface area (TPSA) is 45.0 Å². The van der Waals surface area contributed by atoms with Gasteiger partial charge in [-0.15, -0.1) is 0 Å². The van der Waals surface area contributed by atoms with Crippen molar-refractivity contribution in [1.29, 1.82) is 5.26 Å². The summed E-state index contributed by atoms with van der Waals surface area (Å²) in [5, 5.41) is 12.3. The molecule has 3 rings (SSSR count). The van der Waals surface area contributed by atoms with E-state index in [0.717, 1.165) is 30.0 Å². The molecular formula is C17H16N2O. The maximum atomic E-state index is 8.87. The first-order valence-corrected chi connectivity index (χ1v) is 6.75. The number of aryl methyl sites for hydroxylation is 1. The van der Waals surface area contributed by atoms with Crippen LogP contribution in [0.15, 0.2) is 42.5 Å². The zero-order valence-electron chi connectivity index (χ0n) is 11.4. The minimum Gasteiger partial charge on any atom is -0.488 e. The van der Waals surface area contributed by atoms with Crippen LogP contribution in [0.2, 0.25) is 0 Å². The molecule has 0 amide bonds. The van der Waals surface area contributed by atoms with Gasteiger partial charge in [-0.3, -0.25) is 0 Å². The highest BCUT2D eigenvalue weighted by Gasteiger charge is 2.21. The van der Waals surface area contributed by atoms with Gasteiger partial charge in [-0.1, -0.05) is 18.2 Å². The van der Waals surface area contributed by atoms with Crippen LogP contribution in [-0.2, 0) is 6.42 Å². The number of nitriles is 1. The van der Waals surface area contributed by atoms with Crippen LogP contribution < -0.4 is 10.1 Å². The Kier molecular flexibility index (Phi) is 3.30. The van der Waals surface area contributed by atoms with Crippen molar-refractivity contribution >= 4 is 5.69 Å². The van der Waals surface area contributed by atoms with E-state index in [-0.39, 0.29) is 6.10 Å². The Morgan fingerprint density at radius 3 is 2.90 bits per heavy atom. The molecule has 0 fully saturated rings. The number of nitrogens with one attached hydrogen (secondary N) is 1. The molecule has 1 N–H and O–H groups in total. The van der Waals surface area contributed by atoms with E-state index >= 15 is 0 Å². The second-order valence-corrected chi connectivity index (χ2v) is 5.07. The van der Waals surface area contributed by atoms with Crippen LogP contribution in [0.25, 0.3) is 0 Å². The average Bonchev–Trinajstić information content (AvgIpc) is 2.88. The smallest absolute Gasteiger partial charge is 0.123 e. The highest BCUT2D eigenvalue weighted by molar-refractivity contribution is 5.54. The van der Waals surface area contributed by atoms with Gasteiger partial charge in [0.05, 0.1) is 18.2 Å². The lowest BCUT2D eigenvalue weighted by molar-refractivity contribution is 0.246. The lowest BCUT2D eigenvalue weighted by atomic mass is 10.1. The Morgan fingerprint density at radius 2 is 2.15 bits per heavy atom. The predicted octanol–water partition coefficient (Wildman–Crippen LogP) is 3.28. The molecule has 1 heterocycles. The first kappa shape index (κ1) is 12.6. The van der Waals surface area contributed by atoms with Crippen LogP contribution in [0.1, 0.15) is 16.7 Å². The Labute approximate surface area is 118 Å². The van der Waals surface area contributed by atoms with Crippen molar-refractivity contribution in [3.63, 3.8) is 0 Å². The normalized spacial score (nSPS) is 16.1. The molecule has 0 bridgehead atoms. The first-order valence-electron chi connectivity index (χ1n) is 6.75. The van der Waals surface area contributed by atoms with E-state index in [0.29, 0.717) is 5.56 Å². The summed E-state index contributed by atoms with van der Waals surface area (Å²) in [7, 11) is 0. The van der Waals surface area contributed by atoms with Gasteiger partial charge in [0.1, 0.15) is 11.9 Å². The van der Waals surface area contributed by atoms with Gasteiger partial charge in [-0.05, 0) is 42.3 Å². The quantitative estimate of drug-likeness (QED) is 0.925. The number of nitrogens with zero attached hydrogens (tertiary/aromatic N) is 1. The van der Waals surface area contributed by atoms with Crippen LogP contribution in [0.4, 0.5) is 5.69 Å². The number of hydrogen-bond donors (Lipinski definition) is 1. The summed E-state index contributed by atoms with van der Waals surface area (Å²) in [4.78, 5) is 0. The summed E-state index contributed by atoms with van der Waals surface area (Å²) >= 11 is 0. The van der Waals surface area contributed by atoms with Crippen LogP contribution in [0.5, 0.6) is 5.75 Å². The summed E-state index contributed by atoms with van der Waals surface area (Å²) in [6.45, 7) is 2.77. The molecule has 3 nitrogen and oxygen atoms in total. The molecule has 0 radical (unpaired) electrons. The molecule has 0 spiro atoms. The number of benzene rings is 2. The minimum absolute atomic E-state index is 0.169. The molecule has 1 aliphatic rings. The molecule has 20 heavy (non-hydrogen) atoms. The van der Waals surface area contributed by atoms with E-state index in [1.165, 1.54) is 5.56 Å².